The van der Waals surface area contributed by atoms with Crippen LogP contribution in [0.1, 0.15) is 39.2 Å². The number of aromatic nitrogens is 1. The minimum atomic E-state index is -4.42. The zero-order chi connectivity index (χ0) is 28.7. The Morgan fingerprint density at radius 2 is 1.68 bits per heavy atom. The van der Waals surface area contributed by atoms with Gasteiger partial charge in [0.15, 0.2) is 5.76 Å². The van der Waals surface area contributed by atoms with Gasteiger partial charge in [-0.15, -0.1) is 0 Å². The van der Waals surface area contributed by atoms with Gasteiger partial charge in [-0.05, 0) is 48.5 Å². The summed E-state index contributed by atoms with van der Waals surface area (Å²) in [5.41, 5.74) is 0.991. The number of benzene rings is 2. The van der Waals surface area contributed by atoms with Gasteiger partial charge in [0.25, 0.3) is 5.91 Å². The lowest BCUT2D eigenvalue weighted by Crippen LogP contribution is -2.48. The highest BCUT2D eigenvalue weighted by Crippen LogP contribution is 2.36. The van der Waals surface area contributed by atoms with Crippen LogP contribution in [0.25, 0.3) is 0 Å². The lowest BCUT2D eigenvalue weighted by molar-refractivity contribution is -0.137. The third kappa shape index (κ3) is 5.46. The third-order valence-corrected chi connectivity index (χ3v) is 7.73. The van der Waals surface area contributed by atoms with Crippen LogP contribution in [0.5, 0.6) is 0 Å². The highest BCUT2D eigenvalue weighted by molar-refractivity contribution is 5.91. The van der Waals surface area contributed by atoms with E-state index in [-0.39, 0.29) is 11.7 Å². The van der Waals surface area contributed by atoms with Gasteiger partial charge >= 0.3 is 6.18 Å². The Morgan fingerprint density at radius 1 is 0.878 bits per heavy atom. The molecule has 41 heavy (non-hydrogen) atoms. The molecule has 2 aliphatic rings. The molecule has 214 valence electrons. The SMILES string of the molecule is O=C(c1ccc(CN2CCn3cccc3C2c2ccc(F)cc2F)o1)N1CCN(c2cccc(C(F)(F)F)c2)CC1. The molecule has 11 heteroatoms. The van der Waals surface area contributed by atoms with Gasteiger partial charge in [0.05, 0.1) is 18.2 Å². The zero-order valence-electron chi connectivity index (χ0n) is 22.0. The summed E-state index contributed by atoms with van der Waals surface area (Å²) < 4.78 is 75.8. The number of rotatable bonds is 5. The average Bonchev–Trinajstić information content (AvgIpc) is 3.63. The van der Waals surface area contributed by atoms with Crippen LogP contribution in [0.2, 0.25) is 0 Å². The molecule has 0 bridgehead atoms. The molecule has 4 aromatic rings. The van der Waals surface area contributed by atoms with Gasteiger partial charge in [0.1, 0.15) is 17.4 Å². The first-order valence-corrected chi connectivity index (χ1v) is 13.3. The molecule has 0 radical (unpaired) electrons. The Hall–Kier alpha value is -4.12. The van der Waals surface area contributed by atoms with Gasteiger partial charge in [-0.25, -0.2) is 8.78 Å². The highest BCUT2D eigenvalue weighted by atomic mass is 19.4. The number of anilines is 1. The number of alkyl halides is 3. The number of furan rings is 1. The number of hydrogen-bond donors (Lipinski definition) is 0. The summed E-state index contributed by atoms with van der Waals surface area (Å²) in [6.45, 7) is 3.02. The summed E-state index contributed by atoms with van der Waals surface area (Å²) in [6.07, 6.45) is -2.49. The molecule has 2 aromatic heterocycles. The quantitative estimate of drug-likeness (QED) is 0.279. The zero-order valence-corrected chi connectivity index (χ0v) is 22.0. The fraction of sp³-hybridized carbons (Fsp3) is 0.300. The largest absolute Gasteiger partial charge is 0.455 e. The summed E-state index contributed by atoms with van der Waals surface area (Å²) in [6, 6.07) is 15.4. The number of piperazine rings is 1. The Balaban J connectivity index is 1.13. The summed E-state index contributed by atoms with van der Waals surface area (Å²) in [7, 11) is 0. The Kier molecular flexibility index (Phi) is 7.06. The van der Waals surface area contributed by atoms with Crippen molar-refractivity contribution in [2.75, 3.05) is 37.6 Å². The minimum absolute atomic E-state index is 0.164. The summed E-state index contributed by atoms with van der Waals surface area (Å²) in [5.74, 6) is -0.877. The van der Waals surface area contributed by atoms with Gasteiger partial charge < -0.3 is 18.8 Å². The van der Waals surface area contributed by atoms with Gasteiger partial charge in [-0.1, -0.05) is 12.1 Å². The fourth-order valence-electron chi connectivity index (χ4n) is 5.66. The standard InChI is InChI=1S/C30H27F5N4O2/c31-21-6-8-24(25(32)18-21)28-26-5-2-10-37(26)13-16-39(28)19-23-7-9-27(41-23)29(40)38-14-11-36(12-15-38)22-4-1-3-20(17-22)30(33,34)35/h1-10,17-18,28H,11-16,19H2. The lowest BCUT2D eigenvalue weighted by Gasteiger charge is -2.37. The van der Waals surface area contributed by atoms with Crippen molar-refractivity contribution in [3.05, 3.63) is 113 Å². The third-order valence-electron chi connectivity index (χ3n) is 7.73. The van der Waals surface area contributed by atoms with E-state index < -0.39 is 29.4 Å². The van der Waals surface area contributed by atoms with E-state index in [2.05, 4.69) is 0 Å². The Bertz CT molecular complexity index is 1550. The molecule has 1 fully saturated rings. The molecule has 0 spiro atoms. The monoisotopic (exact) mass is 570 g/mol. The average molecular weight is 571 g/mol. The van der Waals surface area contributed by atoms with Gasteiger partial charge in [0, 0.05) is 68.5 Å². The molecule has 2 aliphatic heterocycles. The maximum atomic E-state index is 14.9. The minimum Gasteiger partial charge on any atom is -0.455 e. The van der Waals surface area contributed by atoms with Crippen LogP contribution < -0.4 is 4.90 Å². The molecular formula is C30H27F5N4O2. The molecule has 6 nitrogen and oxygen atoms in total. The van der Waals surface area contributed by atoms with E-state index in [1.54, 1.807) is 23.1 Å². The first-order chi connectivity index (χ1) is 19.7. The molecule has 1 saturated heterocycles. The van der Waals surface area contributed by atoms with Crippen LogP contribution in [-0.4, -0.2) is 53.0 Å². The van der Waals surface area contributed by atoms with Crippen LogP contribution >= 0.6 is 0 Å². The molecule has 2 aromatic carbocycles. The summed E-state index contributed by atoms with van der Waals surface area (Å²) in [4.78, 5) is 18.7. The van der Waals surface area contributed by atoms with Crippen molar-refractivity contribution in [2.24, 2.45) is 0 Å². The van der Waals surface area contributed by atoms with Gasteiger partial charge in [0.2, 0.25) is 0 Å². The molecule has 1 unspecified atom stereocenters. The van der Waals surface area contributed by atoms with E-state index in [0.29, 0.717) is 62.8 Å². The van der Waals surface area contributed by atoms with E-state index in [1.807, 2.05) is 32.7 Å². The van der Waals surface area contributed by atoms with Crippen LogP contribution in [0, 0.1) is 11.6 Å². The van der Waals surface area contributed by atoms with Crippen molar-refractivity contribution in [2.45, 2.75) is 25.3 Å². The topological polar surface area (TPSA) is 44.9 Å². The molecule has 0 N–H and O–H groups in total. The van der Waals surface area contributed by atoms with Crippen LogP contribution in [0.4, 0.5) is 27.6 Å². The first kappa shape index (κ1) is 27.1. The molecule has 4 heterocycles. The first-order valence-electron chi connectivity index (χ1n) is 13.3. The molecular weight excluding hydrogens is 543 g/mol. The Morgan fingerprint density at radius 3 is 2.44 bits per heavy atom. The predicted octanol–water partition coefficient (Wildman–Crippen LogP) is 5.95. The smallest absolute Gasteiger partial charge is 0.416 e. The number of carbonyl (C=O) groups excluding carboxylic acids is 1. The van der Waals surface area contributed by atoms with E-state index in [0.717, 1.165) is 23.9 Å². The molecule has 0 aliphatic carbocycles. The number of fused-ring (bicyclic) bond motifs is 1. The fourth-order valence-corrected chi connectivity index (χ4v) is 5.66. The van der Waals surface area contributed by atoms with E-state index in [1.165, 1.54) is 18.2 Å². The number of halogens is 5. The predicted molar refractivity (Wildman–Crippen MR) is 141 cm³/mol. The molecule has 0 saturated carbocycles. The second-order valence-electron chi connectivity index (χ2n) is 10.3. The van der Waals surface area contributed by atoms with E-state index >= 15 is 0 Å². The maximum absolute atomic E-state index is 14.9. The number of amides is 1. The van der Waals surface area contributed by atoms with Crippen LogP contribution in [0.3, 0.4) is 0 Å². The van der Waals surface area contributed by atoms with Crippen molar-refractivity contribution >= 4 is 11.6 Å². The van der Waals surface area contributed by atoms with E-state index in [9.17, 15) is 26.7 Å². The van der Waals surface area contributed by atoms with Crippen molar-refractivity contribution in [1.29, 1.82) is 0 Å². The molecule has 1 amide bonds. The Labute approximate surface area is 233 Å². The summed E-state index contributed by atoms with van der Waals surface area (Å²) >= 11 is 0. The van der Waals surface area contributed by atoms with Crippen molar-refractivity contribution in [3.8, 4) is 0 Å². The maximum Gasteiger partial charge on any atom is 0.416 e. The van der Waals surface area contributed by atoms with E-state index in [4.69, 9.17) is 4.42 Å². The van der Waals surface area contributed by atoms with Crippen molar-refractivity contribution in [3.63, 3.8) is 0 Å². The lowest BCUT2D eigenvalue weighted by atomic mass is 9.99. The molecule has 6 rings (SSSR count). The van der Waals surface area contributed by atoms with Gasteiger partial charge in [-0.3, -0.25) is 9.69 Å². The number of nitrogens with zero attached hydrogens (tertiary/aromatic N) is 4. The van der Waals surface area contributed by atoms with Gasteiger partial charge in [-0.2, -0.15) is 13.2 Å². The van der Waals surface area contributed by atoms with Crippen molar-refractivity contribution < 1.29 is 31.2 Å². The normalized spacial score (nSPS) is 18.0. The molecule has 1 atom stereocenters. The number of hydrogen-bond acceptors (Lipinski definition) is 4. The van der Waals surface area contributed by atoms with Crippen LogP contribution in [-0.2, 0) is 19.3 Å². The second kappa shape index (κ2) is 10.7. The van der Waals surface area contributed by atoms with Crippen LogP contribution in [0.15, 0.2) is 77.3 Å². The number of carbonyl (C=O) groups is 1. The second-order valence-corrected chi connectivity index (χ2v) is 10.3. The highest BCUT2D eigenvalue weighted by Gasteiger charge is 2.33. The summed E-state index contributed by atoms with van der Waals surface area (Å²) in [5, 5.41) is 0. The van der Waals surface area contributed by atoms with Crippen molar-refractivity contribution in [1.82, 2.24) is 14.4 Å².